The van der Waals surface area contributed by atoms with Crippen molar-refractivity contribution in [1.29, 1.82) is 0 Å². The second kappa shape index (κ2) is 6.88. The molecule has 2 aliphatic rings. The minimum absolute atomic E-state index is 0.0190. The molecule has 0 atom stereocenters. The summed E-state index contributed by atoms with van der Waals surface area (Å²) in [6, 6.07) is 11.0. The Morgan fingerprint density at radius 2 is 1.33 bits per heavy atom. The lowest BCUT2D eigenvalue weighted by Crippen LogP contribution is -2.62. The first-order valence-electron chi connectivity index (χ1n) is 8.09. The van der Waals surface area contributed by atoms with Crippen molar-refractivity contribution in [2.45, 2.75) is 19.0 Å². The van der Waals surface area contributed by atoms with Crippen LogP contribution < -0.4 is 0 Å². The molecule has 0 unspecified atom stereocenters. The van der Waals surface area contributed by atoms with Gasteiger partial charge < -0.3 is 9.47 Å². The lowest BCUT2D eigenvalue weighted by molar-refractivity contribution is -0.135. The Bertz CT molecular complexity index is 408. The lowest BCUT2D eigenvalue weighted by Gasteiger charge is -2.53. The molecule has 116 valence electrons. The number of hydrogen-bond acceptors (Lipinski definition) is 4. The van der Waals surface area contributed by atoms with E-state index in [-0.39, 0.29) is 5.66 Å². The zero-order valence-electron chi connectivity index (χ0n) is 13.0. The Balaban J connectivity index is 1.98. The van der Waals surface area contributed by atoms with Crippen molar-refractivity contribution < 1.29 is 9.47 Å². The molecule has 2 fully saturated rings. The highest BCUT2D eigenvalue weighted by Gasteiger charge is 2.43. The summed E-state index contributed by atoms with van der Waals surface area (Å²) >= 11 is 0. The molecule has 0 radical (unpaired) electrons. The van der Waals surface area contributed by atoms with Gasteiger partial charge >= 0.3 is 0 Å². The van der Waals surface area contributed by atoms with Crippen LogP contribution in [-0.4, -0.2) is 62.4 Å². The highest BCUT2D eigenvalue weighted by molar-refractivity contribution is 5.24. The van der Waals surface area contributed by atoms with E-state index in [0.29, 0.717) is 0 Å². The van der Waals surface area contributed by atoms with Gasteiger partial charge in [-0.1, -0.05) is 37.3 Å². The average Bonchev–Trinajstić information content (AvgIpc) is 2.59. The van der Waals surface area contributed by atoms with Crippen LogP contribution in [0, 0.1) is 0 Å². The number of ether oxygens (including phenoxy) is 2. The van der Waals surface area contributed by atoms with Gasteiger partial charge in [0.05, 0.1) is 26.4 Å². The molecule has 1 aromatic rings. The van der Waals surface area contributed by atoms with E-state index in [4.69, 9.17) is 9.47 Å². The van der Waals surface area contributed by atoms with Crippen LogP contribution in [-0.2, 0) is 15.1 Å². The van der Waals surface area contributed by atoms with Crippen molar-refractivity contribution in [3.8, 4) is 0 Å². The Hall–Kier alpha value is -0.940. The van der Waals surface area contributed by atoms with Crippen molar-refractivity contribution in [2.24, 2.45) is 0 Å². The summed E-state index contributed by atoms with van der Waals surface area (Å²) in [5.74, 6) is 0. The van der Waals surface area contributed by atoms with E-state index < -0.39 is 0 Å². The molecule has 0 spiro atoms. The van der Waals surface area contributed by atoms with Crippen LogP contribution in [0.1, 0.15) is 18.9 Å². The van der Waals surface area contributed by atoms with Gasteiger partial charge in [-0.05, 0) is 12.0 Å². The fourth-order valence-electron chi connectivity index (χ4n) is 3.79. The summed E-state index contributed by atoms with van der Waals surface area (Å²) in [4.78, 5) is 5.22. The molecule has 3 rings (SSSR count). The fourth-order valence-corrected chi connectivity index (χ4v) is 3.79. The average molecular weight is 290 g/mol. The largest absolute Gasteiger partial charge is 0.379 e. The first-order valence-corrected chi connectivity index (χ1v) is 8.09. The second-order valence-electron chi connectivity index (χ2n) is 5.74. The van der Waals surface area contributed by atoms with Crippen molar-refractivity contribution >= 4 is 0 Å². The number of rotatable bonds is 4. The molecule has 0 aromatic heterocycles. The summed E-state index contributed by atoms with van der Waals surface area (Å²) in [5, 5.41) is 0. The van der Waals surface area contributed by atoms with Crippen LogP contribution in [0.4, 0.5) is 0 Å². The zero-order chi connectivity index (χ0) is 14.5. The van der Waals surface area contributed by atoms with Crippen LogP contribution in [0.3, 0.4) is 0 Å². The molecule has 0 N–H and O–H groups in total. The van der Waals surface area contributed by atoms with Gasteiger partial charge in [-0.15, -0.1) is 0 Å². The van der Waals surface area contributed by atoms with Crippen molar-refractivity contribution in [3.05, 3.63) is 35.9 Å². The predicted octanol–water partition coefficient (Wildman–Crippen LogP) is 1.91. The zero-order valence-corrected chi connectivity index (χ0v) is 13.0. The van der Waals surface area contributed by atoms with Crippen molar-refractivity contribution in [1.82, 2.24) is 9.80 Å². The minimum atomic E-state index is -0.0190. The molecule has 0 saturated carbocycles. The van der Waals surface area contributed by atoms with Crippen LogP contribution in [0.25, 0.3) is 0 Å². The van der Waals surface area contributed by atoms with Gasteiger partial charge in [0.15, 0.2) is 0 Å². The molecule has 0 amide bonds. The van der Waals surface area contributed by atoms with E-state index in [0.717, 1.165) is 59.0 Å². The third-order valence-electron chi connectivity index (χ3n) is 4.80. The highest BCUT2D eigenvalue weighted by Crippen LogP contribution is 2.37. The summed E-state index contributed by atoms with van der Waals surface area (Å²) in [5.41, 5.74) is 1.38. The van der Waals surface area contributed by atoms with Gasteiger partial charge in [0.1, 0.15) is 5.66 Å². The summed E-state index contributed by atoms with van der Waals surface area (Å²) in [6.45, 7) is 9.63. The maximum Gasteiger partial charge on any atom is 0.100 e. The predicted molar refractivity (Wildman–Crippen MR) is 83.2 cm³/mol. The Morgan fingerprint density at radius 1 is 0.857 bits per heavy atom. The van der Waals surface area contributed by atoms with Crippen LogP contribution >= 0.6 is 0 Å². The number of benzene rings is 1. The van der Waals surface area contributed by atoms with Crippen LogP contribution in [0.15, 0.2) is 30.3 Å². The molecule has 2 aliphatic heterocycles. The van der Waals surface area contributed by atoms with E-state index in [2.05, 4.69) is 47.1 Å². The topological polar surface area (TPSA) is 24.9 Å². The van der Waals surface area contributed by atoms with Crippen molar-refractivity contribution in [2.75, 3.05) is 52.6 Å². The van der Waals surface area contributed by atoms with Gasteiger partial charge in [-0.25, -0.2) is 0 Å². The monoisotopic (exact) mass is 290 g/mol. The first-order chi connectivity index (χ1) is 10.4. The summed E-state index contributed by atoms with van der Waals surface area (Å²) in [6.07, 6.45) is 1.08. The van der Waals surface area contributed by atoms with Gasteiger partial charge in [0, 0.05) is 26.2 Å². The molecular formula is C17H26N2O2. The third kappa shape index (κ3) is 2.86. The minimum Gasteiger partial charge on any atom is -0.379 e. The fraction of sp³-hybridized carbons (Fsp3) is 0.647. The maximum absolute atomic E-state index is 5.58. The Morgan fingerprint density at radius 3 is 1.76 bits per heavy atom. The second-order valence-corrected chi connectivity index (χ2v) is 5.74. The van der Waals surface area contributed by atoms with Gasteiger partial charge in [0.25, 0.3) is 0 Å². The Labute approximate surface area is 127 Å². The van der Waals surface area contributed by atoms with Gasteiger partial charge in [-0.2, -0.15) is 0 Å². The lowest BCUT2D eigenvalue weighted by atomic mass is 9.91. The summed E-state index contributed by atoms with van der Waals surface area (Å²) in [7, 11) is 0. The quantitative estimate of drug-likeness (QED) is 0.846. The van der Waals surface area contributed by atoms with Gasteiger partial charge in [0.2, 0.25) is 0 Å². The smallest absolute Gasteiger partial charge is 0.100 e. The third-order valence-corrected chi connectivity index (χ3v) is 4.80. The van der Waals surface area contributed by atoms with E-state index in [1.807, 2.05) is 0 Å². The molecule has 0 bridgehead atoms. The van der Waals surface area contributed by atoms with Gasteiger partial charge in [-0.3, -0.25) is 9.80 Å². The Kier molecular flexibility index (Phi) is 4.91. The number of morpholine rings is 2. The molecule has 21 heavy (non-hydrogen) atoms. The van der Waals surface area contributed by atoms with Crippen LogP contribution in [0.5, 0.6) is 0 Å². The standard InChI is InChI=1S/C17H26N2O2/c1-2-17(16-6-4-3-5-7-16,18-8-12-20-13-9-18)19-10-14-21-15-11-19/h3-7H,2,8-15H2,1H3. The summed E-state index contributed by atoms with van der Waals surface area (Å²) < 4.78 is 11.2. The molecule has 4 nitrogen and oxygen atoms in total. The molecule has 1 aromatic carbocycles. The first kappa shape index (κ1) is 15.0. The van der Waals surface area contributed by atoms with E-state index in [9.17, 15) is 0 Å². The van der Waals surface area contributed by atoms with E-state index >= 15 is 0 Å². The highest BCUT2D eigenvalue weighted by atomic mass is 16.5. The van der Waals surface area contributed by atoms with Crippen molar-refractivity contribution in [3.63, 3.8) is 0 Å². The molecule has 4 heteroatoms. The van der Waals surface area contributed by atoms with E-state index in [1.54, 1.807) is 0 Å². The van der Waals surface area contributed by atoms with E-state index in [1.165, 1.54) is 5.56 Å². The number of hydrogen-bond donors (Lipinski definition) is 0. The number of nitrogens with zero attached hydrogens (tertiary/aromatic N) is 2. The normalized spacial score (nSPS) is 22.3. The molecule has 2 saturated heterocycles. The maximum atomic E-state index is 5.58. The molecule has 2 heterocycles. The SMILES string of the molecule is CCC(c1ccccc1)(N1CCOCC1)N1CCOCC1. The molecule has 0 aliphatic carbocycles. The van der Waals surface area contributed by atoms with Crippen LogP contribution in [0.2, 0.25) is 0 Å². The molecular weight excluding hydrogens is 264 g/mol.